The van der Waals surface area contributed by atoms with Crippen molar-refractivity contribution in [3.8, 4) is 0 Å². The predicted octanol–water partition coefficient (Wildman–Crippen LogP) is 1.02. The average Bonchev–Trinajstić information content (AvgIpc) is 2.00. The Hall–Kier alpha value is -0.940. The first-order chi connectivity index (χ1) is 6.60. The van der Waals surface area contributed by atoms with Crippen LogP contribution in [-0.2, 0) is 10.0 Å². The molecule has 1 aromatic rings. The van der Waals surface area contributed by atoms with Crippen molar-refractivity contribution in [2.24, 2.45) is 0 Å². The maximum absolute atomic E-state index is 12.7. The van der Waals surface area contributed by atoms with Crippen LogP contribution in [0.2, 0.25) is 0 Å². The molecule has 2 rings (SSSR count). The van der Waals surface area contributed by atoms with Gasteiger partial charge in [-0.15, -0.1) is 0 Å². The second kappa shape index (κ2) is 3.33. The number of rotatable bonds is 2. The molecule has 1 fully saturated rings. The molecule has 1 aliphatic rings. The third-order valence-corrected chi connectivity index (χ3v) is 4.09. The van der Waals surface area contributed by atoms with Gasteiger partial charge in [-0.25, -0.2) is 12.8 Å². The molecule has 1 aliphatic heterocycles. The van der Waals surface area contributed by atoms with Crippen molar-refractivity contribution in [2.75, 3.05) is 13.1 Å². The molecule has 75 valence electrons. The molecule has 1 saturated heterocycles. The van der Waals surface area contributed by atoms with Gasteiger partial charge >= 0.3 is 0 Å². The van der Waals surface area contributed by atoms with Crippen LogP contribution in [0, 0.1) is 11.9 Å². The van der Waals surface area contributed by atoms with E-state index in [0.29, 0.717) is 13.1 Å². The van der Waals surface area contributed by atoms with Gasteiger partial charge in [0.2, 0.25) is 10.0 Å². The van der Waals surface area contributed by atoms with Crippen LogP contribution in [-0.4, -0.2) is 25.8 Å². The molecule has 0 bridgehead atoms. The maximum atomic E-state index is 12.7. The fourth-order valence-electron chi connectivity index (χ4n) is 1.26. The Balaban J connectivity index is 2.38. The highest BCUT2D eigenvalue weighted by molar-refractivity contribution is 7.89. The molecule has 0 atom stereocenters. The predicted molar refractivity (Wildman–Crippen MR) is 48.6 cm³/mol. The van der Waals surface area contributed by atoms with E-state index >= 15 is 0 Å². The lowest BCUT2D eigenvalue weighted by molar-refractivity contribution is 0.309. The molecule has 5 heteroatoms. The minimum absolute atomic E-state index is 0.00782. The maximum Gasteiger partial charge on any atom is 0.243 e. The van der Waals surface area contributed by atoms with E-state index in [0.717, 1.165) is 12.5 Å². The standard InChI is InChI=1S/C9H9FNO2S/c10-8-3-1-4-9(7-8)14(12,13)11-5-2-6-11/h1,4,7H,2,5-6H2. The summed E-state index contributed by atoms with van der Waals surface area (Å²) < 4.78 is 37.5. The minimum Gasteiger partial charge on any atom is -0.207 e. The Morgan fingerprint density at radius 2 is 2.14 bits per heavy atom. The number of hydrogen-bond acceptors (Lipinski definition) is 2. The number of sulfonamides is 1. The van der Waals surface area contributed by atoms with Gasteiger partial charge in [-0.1, -0.05) is 0 Å². The van der Waals surface area contributed by atoms with Crippen molar-refractivity contribution in [3.05, 3.63) is 30.1 Å². The van der Waals surface area contributed by atoms with E-state index < -0.39 is 15.8 Å². The lowest BCUT2D eigenvalue weighted by Crippen LogP contribution is -2.41. The zero-order valence-electron chi connectivity index (χ0n) is 7.40. The second-order valence-corrected chi connectivity index (χ2v) is 5.07. The minimum atomic E-state index is -3.45. The zero-order valence-corrected chi connectivity index (χ0v) is 8.22. The molecule has 1 radical (unpaired) electrons. The molecule has 0 aliphatic carbocycles. The third-order valence-electron chi connectivity index (χ3n) is 2.19. The van der Waals surface area contributed by atoms with Gasteiger partial charge in [-0.2, -0.15) is 4.31 Å². The highest BCUT2D eigenvalue weighted by Crippen LogP contribution is 2.21. The first-order valence-corrected chi connectivity index (χ1v) is 5.72. The number of halogens is 1. The van der Waals surface area contributed by atoms with Gasteiger partial charge in [-0.05, 0) is 24.6 Å². The molecule has 0 aromatic heterocycles. The van der Waals surface area contributed by atoms with Gasteiger partial charge in [0.05, 0.1) is 4.90 Å². The van der Waals surface area contributed by atoms with Crippen molar-refractivity contribution < 1.29 is 12.8 Å². The van der Waals surface area contributed by atoms with Crippen LogP contribution >= 0.6 is 0 Å². The van der Waals surface area contributed by atoms with Crippen molar-refractivity contribution in [1.29, 1.82) is 0 Å². The van der Waals surface area contributed by atoms with Gasteiger partial charge < -0.3 is 0 Å². The fraction of sp³-hybridized carbons (Fsp3) is 0.333. The Morgan fingerprint density at radius 1 is 1.43 bits per heavy atom. The summed E-state index contributed by atoms with van der Waals surface area (Å²) in [6.45, 7) is 1.06. The van der Waals surface area contributed by atoms with Crippen LogP contribution in [0.25, 0.3) is 0 Å². The highest BCUT2D eigenvalue weighted by atomic mass is 32.2. The van der Waals surface area contributed by atoms with Crippen molar-refractivity contribution >= 4 is 10.0 Å². The van der Waals surface area contributed by atoms with Crippen LogP contribution in [0.1, 0.15) is 6.42 Å². The van der Waals surface area contributed by atoms with Gasteiger partial charge in [0, 0.05) is 19.2 Å². The van der Waals surface area contributed by atoms with Gasteiger partial charge in [0.1, 0.15) is 5.82 Å². The molecule has 1 aromatic carbocycles. The summed E-state index contributed by atoms with van der Waals surface area (Å²) >= 11 is 0. The van der Waals surface area contributed by atoms with E-state index in [2.05, 4.69) is 6.07 Å². The van der Waals surface area contributed by atoms with E-state index in [4.69, 9.17) is 0 Å². The van der Waals surface area contributed by atoms with Crippen LogP contribution in [0.15, 0.2) is 23.1 Å². The molecule has 14 heavy (non-hydrogen) atoms. The van der Waals surface area contributed by atoms with Crippen LogP contribution in [0.4, 0.5) is 4.39 Å². The summed E-state index contributed by atoms with van der Waals surface area (Å²) in [6.07, 6.45) is 0.876. The summed E-state index contributed by atoms with van der Waals surface area (Å²) in [7, 11) is -3.45. The van der Waals surface area contributed by atoms with E-state index in [9.17, 15) is 12.8 Å². The van der Waals surface area contributed by atoms with E-state index in [1.807, 2.05) is 0 Å². The third kappa shape index (κ3) is 1.53. The lowest BCUT2D eigenvalue weighted by Gasteiger charge is -2.29. The van der Waals surface area contributed by atoms with E-state index in [1.54, 1.807) is 0 Å². The highest BCUT2D eigenvalue weighted by Gasteiger charge is 2.29. The van der Waals surface area contributed by atoms with Crippen molar-refractivity contribution in [1.82, 2.24) is 4.31 Å². The Kier molecular flexibility index (Phi) is 2.28. The molecule has 0 unspecified atom stereocenters. The Morgan fingerprint density at radius 3 is 2.64 bits per heavy atom. The molecular formula is C9H9FNO2S. The van der Waals surface area contributed by atoms with Crippen LogP contribution in [0.3, 0.4) is 0 Å². The van der Waals surface area contributed by atoms with Crippen molar-refractivity contribution in [2.45, 2.75) is 11.3 Å². The summed E-state index contributed by atoms with van der Waals surface area (Å²) in [6, 6.07) is 5.90. The molecule has 0 amide bonds. The summed E-state index contributed by atoms with van der Waals surface area (Å²) in [5.74, 6) is -0.647. The normalized spacial score (nSPS) is 17.8. The van der Waals surface area contributed by atoms with Gasteiger partial charge in [0.15, 0.2) is 0 Å². The summed E-state index contributed by atoms with van der Waals surface area (Å²) in [5, 5.41) is 0. The molecular weight excluding hydrogens is 205 g/mol. The number of hydrogen-bond donors (Lipinski definition) is 0. The van der Waals surface area contributed by atoms with E-state index in [1.165, 1.54) is 16.4 Å². The average molecular weight is 214 g/mol. The Labute approximate surface area is 82.2 Å². The van der Waals surface area contributed by atoms with Crippen LogP contribution < -0.4 is 0 Å². The molecule has 0 spiro atoms. The molecule has 1 heterocycles. The lowest BCUT2D eigenvalue weighted by atomic mass is 10.3. The topological polar surface area (TPSA) is 37.4 Å². The summed E-state index contributed by atoms with van der Waals surface area (Å²) in [5.41, 5.74) is 0. The van der Waals surface area contributed by atoms with E-state index in [-0.39, 0.29) is 4.90 Å². The summed E-state index contributed by atoms with van der Waals surface area (Å²) in [4.78, 5) is 0.00782. The molecule has 0 N–H and O–H groups in total. The smallest absolute Gasteiger partial charge is 0.207 e. The Bertz CT molecular complexity index is 440. The molecule has 0 saturated carbocycles. The monoisotopic (exact) mass is 214 g/mol. The van der Waals surface area contributed by atoms with Gasteiger partial charge in [0.25, 0.3) is 0 Å². The SMILES string of the molecule is O=S(=O)(c1cc[c]c(F)c1)N1CCC1. The van der Waals surface area contributed by atoms with Gasteiger partial charge in [-0.3, -0.25) is 0 Å². The van der Waals surface area contributed by atoms with Crippen LogP contribution in [0.5, 0.6) is 0 Å². The largest absolute Gasteiger partial charge is 0.243 e. The number of nitrogens with zero attached hydrogens (tertiary/aromatic N) is 1. The first kappa shape index (κ1) is 9.61. The molecule has 3 nitrogen and oxygen atoms in total. The zero-order chi connectivity index (χ0) is 10.2. The number of benzene rings is 1. The fourth-order valence-corrected chi connectivity index (χ4v) is 2.78. The quantitative estimate of drug-likeness (QED) is 0.737. The first-order valence-electron chi connectivity index (χ1n) is 4.28. The van der Waals surface area contributed by atoms with Crippen molar-refractivity contribution in [3.63, 3.8) is 0 Å². The second-order valence-electron chi connectivity index (χ2n) is 3.13.